The summed E-state index contributed by atoms with van der Waals surface area (Å²) in [7, 11) is 0. The van der Waals surface area contributed by atoms with Crippen LogP contribution in [0, 0.1) is 0 Å². The second-order valence-electron chi connectivity index (χ2n) is 3.60. The Hall–Kier alpha value is -2.77. The smallest absolute Gasteiger partial charge is 0.361 e. The molecule has 0 unspecified atom stereocenters. The molecule has 0 saturated heterocycles. The van der Waals surface area contributed by atoms with Crippen molar-refractivity contribution in [2.75, 3.05) is 6.61 Å². The minimum absolute atomic E-state index is 0.0197. The lowest BCUT2D eigenvalue weighted by Gasteiger charge is -2.05. The van der Waals surface area contributed by atoms with Crippen molar-refractivity contribution in [1.29, 1.82) is 0 Å². The van der Waals surface area contributed by atoms with Crippen LogP contribution in [-0.4, -0.2) is 43.3 Å². The first-order valence-corrected chi connectivity index (χ1v) is 5.37. The molecule has 19 heavy (non-hydrogen) atoms. The highest BCUT2D eigenvalue weighted by atomic mass is 16.5. The Bertz CT molecular complexity index is 623. The summed E-state index contributed by atoms with van der Waals surface area (Å²) in [4.78, 5) is 11.6. The number of aromatic amines is 1. The van der Waals surface area contributed by atoms with Gasteiger partial charge in [-0.25, -0.2) is 4.79 Å². The predicted molar refractivity (Wildman–Crippen MR) is 62.8 cm³/mol. The molecule has 0 radical (unpaired) electrons. The van der Waals surface area contributed by atoms with Gasteiger partial charge in [-0.3, -0.25) is 0 Å². The van der Waals surface area contributed by atoms with Crippen LogP contribution in [0.15, 0.2) is 12.1 Å². The zero-order chi connectivity index (χ0) is 14.0. The van der Waals surface area contributed by atoms with Gasteiger partial charge in [0.05, 0.1) is 12.2 Å². The Morgan fingerprint density at radius 3 is 2.58 bits per heavy atom. The lowest BCUT2D eigenvalue weighted by molar-refractivity contribution is 0.0520. The number of rotatable bonds is 3. The Balaban J connectivity index is 2.51. The van der Waals surface area contributed by atoms with Crippen LogP contribution in [0.3, 0.4) is 0 Å². The number of H-pyrrole nitrogens is 1. The number of carbonyl (C=O) groups is 1. The van der Waals surface area contributed by atoms with E-state index in [1.54, 1.807) is 6.92 Å². The molecule has 8 nitrogen and oxygen atoms in total. The molecular formula is C11H11N3O5. The molecule has 4 N–H and O–H groups in total. The van der Waals surface area contributed by atoms with Crippen molar-refractivity contribution in [3.05, 3.63) is 17.8 Å². The van der Waals surface area contributed by atoms with Crippen LogP contribution in [0.4, 0.5) is 0 Å². The molecule has 0 amide bonds. The van der Waals surface area contributed by atoms with Crippen molar-refractivity contribution in [2.45, 2.75) is 6.92 Å². The predicted octanol–water partition coefficient (Wildman–Crippen LogP) is 0.765. The zero-order valence-corrected chi connectivity index (χ0v) is 9.91. The van der Waals surface area contributed by atoms with Crippen LogP contribution in [0.2, 0.25) is 0 Å². The van der Waals surface area contributed by atoms with Crippen molar-refractivity contribution in [3.63, 3.8) is 0 Å². The molecule has 0 atom stereocenters. The van der Waals surface area contributed by atoms with Gasteiger partial charge in [0.1, 0.15) is 11.4 Å². The van der Waals surface area contributed by atoms with Gasteiger partial charge in [0, 0.05) is 6.07 Å². The number of aromatic nitrogens is 3. The number of hydrogen-bond donors (Lipinski definition) is 4. The molecule has 0 saturated carbocycles. The van der Waals surface area contributed by atoms with E-state index in [9.17, 15) is 20.1 Å². The first-order chi connectivity index (χ1) is 9.04. The molecule has 0 bridgehead atoms. The molecule has 0 spiro atoms. The summed E-state index contributed by atoms with van der Waals surface area (Å²) < 4.78 is 4.79. The molecule has 100 valence electrons. The molecule has 2 rings (SSSR count). The molecule has 1 heterocycles. The van der Waals surface area contributed by atoms with E-state index in [-0.39, 0.29) is 29.3 Å². The van der Waals surface area contributed by atoms with Gasteiger partial charge in [0.15, 0.2) is 17.2 Å². The van der Waals surface area contributed by atoms with Crippen LogP contribution in [0.1, 0.15) is 17.4 Å². The molecule has 0 aliphatic heterocycles. The van der Waals surface area contributed by atoms with E-state index in [0.717, 1.165) is 12.1 Å². The van der Waals surface area contributed by atoms with Gasteiger partial charge in [0.25, 0.3) is 0 Å². The third-order valence-corrected chi connectivity index (χ3v) is 2.36. The average Bonchev–Trinajstić information content (AvgIpc) is 2.83. The van der Waals surface area contributed by atoms with Crippen molar-refractivity contribution >= 4 is 5.97 Å². The van der Waals surface area contributed by atoms with Gasteiger partial charge in [-0.15, -0.1) is 5.10 Å². The number of hydrogen-bond acceptors (Lipinski definition) is 7. The molecule has 0 aliphatic rings. The van der Waals surface area contributed by atoms with Gasteiger partial charge < -0.3 is 20.1 Å². The Labute approximate surface area is 107 Å². The number of carbonyl (C=O) groups excluding carboxylic acids is 1. The van der Waals surface area contributed by atoms with E-state index in [2.05, 4.69) is 15.4 Å². The molecular weight excluding hydrogens is 254 g/mol. The van der Waals surface area contributed by atoms with E-state index in [0.29, 0.717) is 0 Å². The largest absolute Gasteiger partial charge is 0.507 e. The average molecular weight is 265 g/mol. The molecule has 0 fully saturated rings. The first kappa shape index (κ1) is 12.7. The van der Waals surface area contributed by atoms with Gasteiger partial charge in [-0.2, -0.15) is 10.3 Å². The second-order valence-corrected chi connectivity index (χ2v) is 3.60. The summed E-state index contributed by atoms with van der Waals surface area (Å²) in [5.74, 6) is -2.00. The number of phenolic OH excluding ortho intramolecular Hbond substituents is 3. The fourth-order valence-electron chi connectivity index (χ4n) is 1.52. The Morgan fingerprint density at radius 2 is 1.89 bits per heavy atom. The maximum absolute atomic E-state index is 11.6. The highest BCUT2D eigenvalue weighted by Crippen LogP contribution is 2.38. The zero-order valence-electron chi connectivity index (χ0n) is 9.91. The highest BCUT2D eigenvalue weighted by molar-refractivity contribution is 5.95. The van der Waals surface area contributed by atoms with E-state index in [1.807, 2.05) is 0 Å². The van der Waals surface area contributed by atoms with Crippen molar-refractivity contribution in [2.24, 2.45) is 0 Å². The molecule has 1 aromatic carbocycles. The summed E-state index contributed by atoms with van der Waals surface area (Å²) >= 11 is 0. The maximum Gasteiger partial charge on any atom is 0.361 e. The summed E-state index contributed by atoms with van der Waals surface area (Å²) in [6.45, 7) is 1.81. The van der Waals surface area contributed by atoms with Gasteiger partial charge >= 0.3 is 5.97 Å². The van der Waals surface area contributed by atoms with E-state index in [4.69, 9.17) is 4.74 Å². The lowest BCUT2D eigenvalue weighted by atomic mass is 10.1. The van der Waals surface area contributed by atoms with Gasteiger partial charge in [-0.05, 0) is 13.0 Å². The third-order valence-electron chi connectivity index (χ3n) is 2.36. The fourth-order valence-corrected chi connectivity index (χ4v) is 1.52. The lowest BCUT2D eigenvalue weighted by Crippen LogP contribution is -2.06. The fraction of sp³-hybridized carbons (Fsp3) is 0.182. The number of nitrogens with zero attached hydrogens (tertiary/aromatic N) is 2. The molecule has 1 aromatic heterocycles. The van der Waals surface area contributed by atoms with Crippen molar-refractivity contribution in [3.8, 4) is 28.5 Å². The highest BCUT2D eigenvalue weighted by Gasteiger charge is 2.22. The standard InChI is InChI=1S/C11H11N3O5/c1-2-19-11(18)10-9(12-14-13-10)5-3-7(16)8(17)4-6(5)15/h3-4,15-17H,2H2,1H3,(H,12,13,14). The maximum atomic E-state index is 11.6. The number of nitrogens with one attached hydrogen (secondary N) is 1. The minimum Gasteiger partial charge on any atom is -0.507 e. The van der Waals surface area contributed by atoms with Crippen LogP contribution in [0.25, 0.3) is 11.3 Å². The summed E-state index contributed by atoms with van der Waals surface area (Å²) in [6, 6.07) is 2.01. The van der Waals surface area contributed by atoms with Crippen LogP contribution in [0.5, 0.6) is 17.2 Å². The van der Waals surface area contributed by atoms with Crippen LogP contribution in [-0.2, 0) is 4.74 Å². The summed E-state index contributed by atoms with van der Waals surface area (Å²) in [5.41, 5.74) is -0.0550. The minimum atomic E-state index is -0.710. The Kier molecular flexibility index (Phi) is 3.23. The Morgan fingerprint density at radius 1 is 1.21 bits per heavy atom. The SMILES string of the molecule is CCOC(=O)c1n[nH]nc1-c1cc(O)c(O)cc1O. The molecule has 2 aromatic rings. The van der Waals surface area contributed by atoms with Crippen LogP contribution >= 0.6 is 0 Å². The summed E-state index contributed by atoms with van der Waals surface area (Å²) in [6.07, 6.45) is 0. The summed E-state index contributed by atoms with van der Waals surface area (Å²) in [5, 5.41) is 38.0. The number of ether oxygens (including phenoxy) is 1. The number of benzene rings is 1. The third kappa shape index (κ3) is 2.28. The molecule has 8 heteroatoms. The second kappa shape index (κ2) is 4.84. The van der Waals surface area contributed by atoms with Crippen molar-refractivity contribution < 1.29 is 24.9 Å². The van der Waals surface area contributed by atoms with E-state index < -0.39 is 17.5 Å². The van der Waals surface area contributed by atoms with Crippen molar-refractivity contribution in [1.82, 2.24) is 15.4 Å². The quantitative estimate of drug-likeness (QED) is 0.366. The molecule has 0 aliphatic carbocycles. The van der Waals surface area contributed by atoms with E-state index in [1.165, 1.54) is 0 Å². The van der Waals surface area contributed by atoms with Gasteiger partial charge in [-0.1, -0.05) is 0 Å². The van der Waals surface area contributed by atoms with E-state index >= 15 is 0 Å². The topological polar surface area (TPSA) is 129 Å². The normalized spacial score (nSPS) is 10.4. The number of phenols is 3. The number of aromatic hydroxyl groups is 3. The van der Waals surface area contributed by atoms with Crippen LogP contribution < -0.4 is 0 Å². The first-order valence-electron chi connectivity index (χ1n) is 5.37. The monoisotopic (exact) mass is 265 g/mol. The van der Waals surface area contributed by atoms with Gasteiger partial charge in [0.2, 0.25) is 0 Å². The number of esters is 1.